The Labute approximate surface area is 75.5 Å². The predicted octanol–water partition coefficient (Wildman–Crippen LogP) is 2.07. The van der Waals surface area contributed by atoms with Crippen molar-refractivity contribution < 1.29 is 4.74 Å². The highest BCUT2D eigenvalue weighted by Gasteiger charge is 2.31. The average molecular weight is 171 g/mol. The fourth-order valence-corrected chi connectivity index (χ4v) is 2.10. The van der Waals surface area contributed by atoms with E-state index < -0.39 is 0 Å². The standard InChI is InChI=1S/C10H21NO/c1-3-6-10(2)7-4-5-9(8-11)12-10/h9H,3-8,11H2,1-2H3. The fraction of sp³-hybridized carbons (Fsp3) is 1.00. The van der Waals surface area contributed by atoms with Crippen LogP contribution in [-0.2, 0) is 4.74 Å². The second-order valence-electron chi connectivity index (χ2n) is 4.07. The van der Waals surface area contributed by atoms with Crippen molar-refractivity contribution in [3.63, 3.8) is 0 Å². The molecule has 0 saturated carbocycles. The number of hydrogen-bond acceptors (Lipinski definition) is 2. The van der Waals surface area contributed by atoms with Crippen molar-refractivity contribution in [3.8, 4) is 0 Å². The van der Waals surface area contributed by atoms with Gasteiger partial charge in [0.25, 0.3) is 0 Å². The first-order valence-electron chi connectivity index (χ1n) is 5.08. The second-order valence-corrected chi connectivity index (χ2v) is 4.07. The van der Waals surface area contributed by atoms with Crippen molar-refractivity contribution in [2.24, 2.45) is 5.73 Å². The molecule has 0 radical (unpaired) electrons. The van der Waals surface area contributed by atoms with Crippen molar-refractivity contribution in [2.45, 2.75) is 57.7 Å². The number of hydrogen-bond donors (Lipinski definition) is 1. The summed E-state index contributed by atoms with van der Waals surface area (Å²) in [4.78, 5) is 0. The van der Waals surface area contributed by atoms with Crippen LogP contribution in [0.3, 0.4) is 0 Å². The van der Waals surface area contributed by atoms with E-state index in [1.807, 2.05) is 0 Å². The van der Waals surface area contributed by atoms with Crippen LogP contribution in [0.25, 0.3) is 0 Å². The molecule has 2 atom stereocenters. The SMILES string of the molecule is CCCC1(C)CCCC(CN)O1. The minimum Gasteiger partial charge on any atom is -0.371 e. The molecule has 0 aromatic rings. The largest absolute Gasteiger partial charge is 0.371 e. The highest BCUT2D eigenvalue weighted by molar-refractivity contribution is 4.82. The summed E-state index contributed by atoms with van der Waals surface area (Å²) in [5, 5.41) is 0. The molecule has 2 nitrogen and oxygen atoms in total. The van der Waals surface area contributed by atoms with Crippen molar-refractivity contribution >= 4 is 0 Å². The topological polar surface area (TPSA) is 35.2 Å². The summed E-state index contributed by atoms with van der Waals surface area (Å²) in [6.07, 6.45) is 6.32. The molecule has 1 saturated heterocycles. The summed E-state index contributed by atoms with van der Waals surface area (Å²) < 4.78 is 5.94. The Hall–Kier alpha value is -0.0800. The molecule has 0 aromatic heterocycles. The number of nitrogens with two attached hydrogens (primary N) is 1. The van der Waals surface area contributed by atoms with Gasteiger partial charge in [0.2, 0.25) is 0 Å². The molecular formula is C10H21NO. The van der Waals surface area contributed by atoms with Crippen LogP contribution in [0.1, 0.15) is 46.0 Å². The molecule has 2 heteroatoms. The summed E-state index contributed by atoms with van der Waals surface area (Å²) in [5.74, 6) is 0. The minimum absolute atomic E-state index is 0.122. The maximum Gasteiger partial charge on any atom is 0.0704 e. The molecule has 0 aliphatic carbocycles. The van der Waals surface area contributed by atoms with Crippen molar-refractivity contribution in [1.82, 2.24) is 0 Å². The smallest absolute Gasteiger partial charge is 0.0704 e. The predicted molar refractivity (Wildman–Crippen MR) is 51.1 cm³/mol. The van der Waals surface area contributed by atoms with Gasteiger partial charge in [0.1, 0.15) is 0 Å². The molecule has 0 bridgehead atoms. The van der Waals surface area contributed by atoms with Gasteiger partial charge >= 0.3 is 0 Å². The van der Waals surface area contributed by atoms with E-state index in [1.165, 1.54) is 25.7 Å². The molecule has 0 amide bonds. The summed E-state index contributed by atoms with van der Waals surface area (Å²) in [7, 11) is 0. The zero-order valence-corrected chi connectivity index (χ0v) is 8.31. The Kier molecular flexibility index (Phi) is 3.53. The van der Waals surface area contributed by atoms with Crippen LogP contribution >= 0.6 is 0 Å². The molecule has 12 heavy (non-hydrogen) atoms. The third-order valence-electron chi connectivity index (χ3n) is 2.72. The van der Waals surface area contributed by atoms with Crippen LogP contribution in [0.15, 0.2) is 0 Å². The van der Waals surface area contributed by atoms with Crippen molar-refractivity contribution in [3.05, 3.63) is 0 Å². The van der Waals surface area contributed by atoms with Gasteiger partial charge in [0.05, 0.1) is 11.7 Å². The first-order valence-corrected chi connectivity index (χ1v) is 5.08. The van der Waals surface area contributed by atoms with Crippen LogP contribution in [0.2, 0.25) is 0 Å². The highest BCUT2D eigenvalue weighted by Crippen LogP contribution is 2.31. The molecule has 2 N–H and O–H groups in total. The van der Waals surface area contributed by atoms with Crippen molar-refractivity contribution in [2.75, 3.05) is 6.54 Å². The Bertz CT molecular complexity index is 134. The second kappa shape index (κ2) is 4.24. The minimum atomic E-state index is 0.122. The number of ether oxygens (including phenoxy) is 1. The lowest BCUT2D eigenvalue weighted by Crippen LogP contribution is -2.41. The van der Waals surface area contributed by atoms with E-state index in [1.54, 1.807) is 0 Å². The van der Waals surface area contributed by atoms with Gasteiger partial charge in [-0.1, -0.05) is 13.3 Å². The Morgan fingerprint density at radius 2 is 2.33 bits per heavy atom. The van der Waals surface area contributed by atoms with Crippen LogP contribution in [-0.4, -0.2) is 18.2 Å². The van der Waals surface area contributed by atoms with Crippen LogP contribution in [0, 0.1) is 0 Å². The maximum absolute atomic E-state index is 5.94. The Morgan fingerprint density at radius 1 is 1.58 bits per heavy atom. The highest BCUT2D eigenvalue weighted by atomic mass is 16.5. The summed E-state index contributed by atoms with van der Waals surface area (Å²) in [6.45, 7) is 5.11. The average Bonchev–Trinajstić information content (AvgIpc) is 2.04. The molecule has 1 heterocycles. The van der Waals surface area contributed by atoms with Crippen LogP contribution < -0.4 is 5.73 Å². The molecule has 1 rings (SSSR count). The van der Waals surface area contributed by atoms with E-state index in [4.69, 9.17) is 10.5 Å². The van der Waals surface area contributed by atoms with E-state index in [9.17, 15) is 0 Å². The third kappa shape index (κ3) is 2.46. The summed E-state index contributed by atoms with van der Waals surface area (Å²) >= 11 is 0. The lowest BCUT2D eigenvalue weighted by Gasteiger charge is -2.38. The van der Waals surface area contributed by atoms with Gasteiger partial charge in [-0.2, -0.15) is 0 Å². The molecule has 0 aromatic carbocycles. The molecule has 2 unspecified atom stereocenters. The van der Waals surface area contributed by atoms with E-state index in [2.05, 4.69) is 13.8 Å². The van der Waals surface area contributed by atoms with Gasteiger partial charge in [-0.05, 0) is 32.6 Å². The lowest BCUT2D eigenvalue weighted by molar-refractivity contribution is -0.117. The van der Waals surface area contributed by atoms with E-state index in [0.29, 0.717) is 12.6 Å². The maximum atomic E-state index is 5.94. The van der Waals surface area contributed by atoms with Gasteiger partial charge in [-0.25, -0.2) is 0 Å². The normalized spacial score (nSPS) is 36.8. The summed E-state index contributed by atoms with van der Waals surface area (Å²) in [5.41, 5.74) is 5.72. The summed E-state index contributed by atoms with van der Waals surface area (Å²) in [6, 6.07) is 0. The van der Waals surface area contributed by atoms with Crippen molar-refractivity contribution in [1.29, 1.82) is 0 Å². The van der Waals surface area contributed by atoms with Gasteiger partial charge in [0, 0.05) is 6.54 Å². The molecular weight excluding hydrogens is 150 g/mol. The van der Waals surface area contributed by atoms with Crippen LogP contribution in [0.4, 0.5) is 0 Å². The van der Waals surface area contributed by atoms with Gasteiger partial charge in [-0.3, -0.25) is 0 Å². The van der Waals surface area contributed by atoms with E-state index in [0.717, 1.165) is 6.42 Å². The Balaban J connectivity index is 2.43. The molecule has 1 aliphatic rings. The third-order valence-corrected chi connectivity index (χ3v) is 2.72. The van der Waals surface area contributed by atoms with E-state index >= 15 is 0 Å². The van der Waals surface area contributed by atoms with Gasteiger partial charge in [0.15, 0.2) is 0 Å². The molecule has 72 valence electrons. The zero-order valence-electron chi connectivity index (χ0n) is 8.31. The first kappa shape index (κ1) is 10.0. The Morgan fingerprint density at radius 3 is 2.92 bits per heavy atom. The monoisotopic (exact) mass is 171 g/mol. The quantitative estimate of drug-likeness (QED) is 0.705. The first-order chi connectivity index (χ1) is 5.70. The van der Waals surface area contributed by atoms with Crippen LogP contribution in [0.5, 0.6) is 0 Å². The lowest BCUT2D eigenvalue weighted by atomic mass is 9.89. The zero-order chi connectivity index (χ0) is 9.03. The molecule has 1 fully saturated rings. The number of rotatable bonds is 3. The van der Waals surface area contributed by atoms with Gasteiger partial charge in [-0.15, -0.1) is 0 Å². The molecule has 1 aliphatic heterocycles. The van der Waals surface area contributed by atoms with E-state index in [-0.39, 0.29) is 5.60 Å². The molecule has 0 spiro atoms. The fourth-order valence-electron chi connectivity index (χ4n) is 2.10. The van der Waals surface area contributed by atoms with Gasteiger partial charge < -0.3 is 10.5 Å².